The van der Waals surface area contributed by atoms with Crippen LogP contribution in [0.3, 0.4) is 0 Å². The average Bonchev–Trinajstić information content (AvgIpc) is 2.77. The van der Waals surface area contributed by atoms with E-state index in [1.807, 2.05) is 17.9 Å². The van der Waals surface area contributed by atoms with E-state index in [2.05, 4.69) is 6.07 Å². The van der Waals surface area contributed by atoms with Crippen molar-refractivity contribution in [3.8, 4) is 0 Å². The van der Waals surface area contributed by atoms with Crippen LogP contribution in [-0.2, 0) is 11.2 Å². The van der Waals surface area contributed by atoms with Gasteiger partial charge >= 0.3 is 0 Å². The highest BCUT2D eigenvalue weighted by atomic mass is 16.2. The summed E-state index contributed by atoms with van der Waals surface area (Å²) in [4.78, 5) is 15.0. The number of nitrogens with zero attached hydrogens (tertiary/aromatic N) is 1. The van der Waals surface area contributed by atoms with Crippen molar-refractivity contribution >= 4 is 17.3 Å². The third-order valence-electron chi connectivity index (χ3n) is 6.65. The smallest absolute Gasteiger partial charge is 0.230 e. The molecule has 5 rings (SSSR count). The van der Waals surface area contributed by atoms with Crippen LogP contribution in [0.4, 0.5) is 11.4 Å². The van der Waals surface area contributed by atoms with E-state index in [1.54, 1.807) is 0 Å². The molecule has 0 aromatic heterocycles. The predicted molar refractivity (Wildman–Crippen MR) is 82.9 cm³/mol. The molecule has 4 atom stereocenters. The van der Waals surface area contributed by atoms with E-state index in [1.165, 1.54) is 24.8 Å². The summed E-state index contributed by atoms with van der Waals surface area (Å²) in [5.74, 6) is 3.90. The molecule has 1 aliphatic heterocycles. The number of fused-ring (bicyclic) bond motifs is 6. The Bertz CT molecular complexity index is 637. The molecule has 0 spiro atoms. The maximum absolute atomic E-state index is 13.0. The number of nitrogen functional groups attached to an aromatic ring is 1. The Labute approximate surface area is 125 Å². The molecule has 3 saturated carbocycles. The highest BCUT2D eigenvalue weighted by Gasteiger charge is 2.68. The normalized spacial score (nSPS) is 38.5. The Hall–Kier alpha value is -1.51. The molecule has 3 nitrogen and oxygen atoms in total. The molecule has 0 saturated heterocycles. The summed E-state index contributed by atoms with van der Waals surface area (Å²) in [6.07, 6.45) is 5.13. The van der Waals surface area contributed by atoms with Gasteiger partial charge in [-0.25, -0.2) is 0 Å². The van der Waals surface area contributed by atoms with Crippen molar-refractivity contribution in [2.24, 2.45) is 29.6 Å². The summed E-state index contributed by atoms with van der Waals surface area (Å²) in [6, 6.07) is 4.18. The Morgan fingerprint density at radius 2 is 1.95 bits per heavy atom. The second-order valence-corrected chi connectivity index (χ2v) is 7.59. The fourth-order valence-corrected chi connectivity index (χ4v) is 5.64. The Balaban J connectivity index is 1.44. The number of carbonyl (C=O) groups is 1. The van der Waals surface area contributed by atoms with E-state index in [4.69, 9.17) is 5.73 Å². The maximum Gasteiger partial charge on any atom is 0.230 e. The zero-order chi connectivity index (χ0) is 14.3. The molecule has 3 heteroatoms. The lowest BCUT2D eigenvalue weighted by Gasteiger charge is -2.20. The van der Waals surface area contributed by atoms with Gasteiger partial charge in [0.05, 0.1) is 0 Å². The Kier molecular flexibility index (Phi) is 2.20. The zero-order valence-electron chi connectivity index (χ0n) is 12.5. The van der Waals surface area contributed by atoms with Crippen molar-refractivity contribution in [1.29, 1.82) is 0 Å². The van der Waals surface area contributed by atoms with Crippen molar-refractivity contribution in [3.63, 3.8) is 0 Å². The molecule has 4 aliphatic rings. The monoisotopic (exact) mass is 282 g/mol. The summed E-state index contributed by atoms with van der Waals surface area (Å²) in [6.45, 7) is 2.89. The number of anilines is 2. The SMILES string of the molecule is Cc1cc2c(cc1N)N(C(=O)C1C3C4CCC(C4)C13)CC2. The van der Waals surface area contributed by atoms with Crippen LogP contribution < -0.4 is 10.6 Å². The van der Waals surface area contributed by atoms with Gasteiger partial charge < -0.3 is 10.6 Å². The van der Waals surface area contributed by atoms with Crippen molar-refractivity contribution in [2.45, 2.75) is 32.6 Å². The standard InChI is InChI=1S/C18H22N2O/c1-9-6-10-4-5-20(14(10)8-13(9)19)18(21)17-15-11-2-3-12(7-11)16(15)17/h6,8,11-12,15-17H,2-5,7,19H2,1H3. The minimum absolute atomic E-state index is 0.338. The lowest BCUT2D eigenvalue weighted by Crippen LogP contribution is -2.32. The molecular weight excluding hydrogens is 260 g/mol. The van der Waals surface area contributed by atoms with Gasteiger partial charge in [0.1, 0.15) is 0 Å². The molecule has 4 unspecified atom stereocenters. The number of hydrogen-bond donors (Lipinski definition) is 1. The minimum atomic E-state index is 0.338. The third kappa shape index (κ3) is 1.47. The van der Waals surface area contributed by atoms with Crippen LogP contribution >= 0.6 is 0 Å². The average molecular weight is 282 g/mol. The third-order valence-corrected chi connectivity index (χ3v) is 6.65. The van der Waals surface area contributed by atoms with E-state index < -0.39 is 0 Å². The molecular formula is C18H22N2O. The molecule has 3 fully saturated rings. The molecule has 2 bridgehead atoms. The molecule has 0 radical (unpaired) electrons. The van der Waals surface area contributed by atoms with Crippen molar-refractivity contribution in [3.05, 3.63) is 23.3 Å². The second-order valence-electron chi connectivity index (χ2n) is 7.59. The maximum atomic E-state index is 13.0. The number of aryl methyl sites for hydroxylation is 1. The van der Waals surface area contributed by atoms with Crippen molar-refractivity contribution < 1.29 is 4.79 Å². The fourth-order valence-electron chi connectivity index (χ4n) is 5.64. The molecule has 3 aliphatic carbocycles. The summed E-state index contributed by atoms with van der Waals surface area (Å²) in [7, 11) is 0. The van der Waals surface area contributed by atoms with E-state index in [0.717, 1.165) is 53.6 Å². The van der Waals surface area contributed by atoms with Crippen LogP contribution in [-0.4, -0.2) is 12.5 Å². The van der Waals surface area contributed by atoms with Gasteiger partial charge in [-0.15, -0.1) is 0 Å². The number of rotatable bonds is 1. The van der Waals surface area contributed by atoms with Gasteiger partial charge in [-0.3, -0.25) is 4.79 Å². The van der Waals surface area contributed by atoms with Gasteiger partial charge in [-0.05, 0) is 73.5 Å². The van der Waals surface area contributed by atoms with Gasteiger partial charge in [-0.2, -0.15) is 0 Å². The van der Waals surface area contributed by atoms with Crippen LogP contribution in [0.25, 0.3) is 0 Å². The topological polar surface area (TPSA) is 46.3 Å². The Morgan fingerprint density at radius 3 is 2.67 bits per heavy atom. The van der Waals surface area contributed by atoms with Crippen molar-refractivity contribution in [1.82, 2.24) is 0 Å². The van der Waals surface area contributed by atoms with Crippen molar-refractivity contribution in [2.75, 3.05) is 17.2 Å². The summed E-state index contributed by atoms with van der Waals surface area (Å²) >= 11 is 0. The van der Waals surface area contributed by atoms with Crippen LogP contribution in [0.2, 0.25) is 0 Å². The number of nitrogens with two attached hydrogens (primary N) is 1. The second kappa shape index (κ2) is 3.82. The first-order valence-electron chi connectivity index (χ1n) is 8.35. The lowest BCUT2D eigenvalue weighted by molar-refractivity contribution is -0.120. The van der Waals surface area contributed by atoms with Gasteiger partial charge in [-0.1, -0.05) is 6.07 Å². The number of carbonyl (C=O) groups excluding carboxylic acids is 1. The van der Waals surface area contributed by atoms with Gasteiger partial charge in [0, 0.05) is 23.8 Å². The van der Waals surface area contributed by atoms with Gasteiger partial charge in [0.15, 0.2) is 0 Å². The molecule has 2 N–H and O–H groups in total. The van der Waals surface area contributed by atoms with Gasteiger partial charge in [0.2, 0.25) is 5.91 Å². The first-order valence-corrected chi connectivity index (χ1v) is 8.35. The summed E-state index contributed by atoms with van der Waals surface area (Å²) in [5, 5.41) is 0. The zero-order valence-corrected chi connectivity index (χ0v) is 12.5. The van der Waals surface area contributed by atoms with E-state index in [-0.39, 0.29) is 0 Å². The van der Waals surface area contributed by atoms with Crippen LogP contribution in [0.5, 0.6) is 0 Å². The first-order chi connectivity index (χ1) is 10.1. The fraction of sp³-hybridized carbons (Fsp3) is 0.611. The van der Waals surface area contributed by atoms with Crippen LogP contribution in [0, 0.1) is 36.5 Å². The van der Waals surface area contributed by atoms with E-state index >= 15 is 0 Å². The highest BCUT2D eigenvalue weighted by molar-refractivity contribution is 5.99. The largest absolute Gasteiger partial charge is 0.398 e. The molecule has 1 heterocycles. The number of benzene rings is 1. The van der Waals surface area contributed by atoms with Gasteiger partial charge in [0.25, 0.3) is 0 Å². The molecule has 1 amide bonds. The van der Waals surface area contributed by atoms with E-state index in [9.17, 15) is 4.79 Å². The first kappa shape index (κ1) is 12.1. The number of amides is 1. The quantitative estimate of drug-likeness (QED) is 0.805. The summed E-state index contributed by atoms with van der Waals surface area (Å²) < 4.78 is 0. The molecule has 21 heavy (non-hydrogen) atoms. The summed E-state index contributed by atoms with van der Waals surface area (Å²) in [5.41, 5.74) is 10.4. The van der Waals surface area contributed by atoms with E-state index in [0.29, 0.717) is 11.8 Å². The Morgan fingerprint density at radius 1 is 1.24 bits per heavy atom. The molecule has 1 aromatic rings. The molecule has 110 valence electrons. The predicted octanol–water partition coefficient (Wildman–Crippen LogP) is 2.76. The highest BCUT2D eigenvalue weighted by Crippen LogP contribution is 2.69. The molecule has 1 aromatic carbocycles. The van der Waals surface area contributed by atoms with Crippen LogP contribution in [0.15, 0.2) is 12.1 Å². The van der Waals surface area contributed by atoms with Crippen LogP contribution in [0.1, 0.15) is 30.4 Å². The number of hydrogen-bond acceptors (Lipinski definition) is 2. The minimum Gasteiger partial charge on any atom is -0.398 e. The lowest BCUT2D eigenvalue weighted by atomic mass is 10.0.